The Labute approximate surface area is 166 Å². The van der Waals surface area contributed by atoms with Crippen molar-refractivity contribution >= 4 is 28.1 Å². The molecule has 0 bridgehead atoms. The second-order valence-electron chi connectivity index (χ2n) is 7.63. The van der Waals surface area contributed by atoms with Crippen LogP contribution in [-0.2, 0) is 4.79 Å². The van der Waals surface area contributed by atoms with Crippen LogP contribution >= 0.6 is 0 Å². The van der Waals surface area contributed by atoms with Gasteiger partial charge in [-0.25, -0.2) is 0 Å². The molecular weight excluding hydrogens is 346 g/mol. The summed E-state index contributed by atoms with van der Waals surface area (Å²) >= 11 is 0. The van der Waals surface area contributed by atoms with Crippen molar-refractivity contribution in [3.8, 4) is 0 Å². The van der Waals surface area contributed by atoms with Gasteiger partial charge in [-0.3, -0.25) is 4.79 Å². The standard InChI is InChI=1S/C24H27N3O/c1-26(23-12-11-20-7-5-6-8-21(20)15-23)18-24(28)25-16-19-13-14-27(17-19)22-9-3-2-4-10-22/h2-12,15,19H,13-14,16-18H2,1H3,(H,25,28). The van der Waals surface area contributed by atoms with Crippen LogP contribution in [0.1, 0.15) is 6.42 Å². The molecule has 1 saturated heterocycles. The molecule has 144 valence electrons. The van der Waals surface area contributed by atoms with Crippen LogP contribution < -0.4 is 15.1 Å². The number of fused-ring (bicyclic) bond motifs is 1. The number of hydrogen-bond acceptors (Lipinski definition) is 3. The van der Waals surface area contributed by atoms with Gasteiger partial charge in [0.1, 0.15) is 0 Å². The third-order valence-corrected chi connectivity index (χ3v) is 5.55. The van der Waals surface area contributed by atoms with Crippen LogP contribution in [0.5, 0.6) is 0 Å². The molecule has 0 aliphatic carbocycles. The number of carbonyl (C=O) groups is 1. The lowest BCUT2D eigenvalue weighted by atomic mass is 10.1. The summed E-state index contributed by atoms with van der Waals surface area (Å²) < 4.78 is 0. The van der Waals surface area contributed by atoms with Crippen molar-refractivity contribution in [1.82, 2.24) is 5.32 Å². The topological polar surface area (TPSA) is 35.6 Å². The molecule has 4 rings (SSSR count). The molecule has 0 saturated carbocycles. The Hall–Kier alpha value is -3.01. The summed E-state index contributed by atoms with van der Waals surface area (Å²) in [4.78, 5) is 16.8. The fourth-order valence-electron chi connectivity index (χ4n) is 3.91. The molecule has 0 aromatic heterocycles. The average Bonchev–Trinajstić information content (AvgIpc) is 3.22. The number of amides is 1. The zero-order chi connectivity index (χ0) is 19.3. The Morgan fingerprint density at radius 3 is 2.61 bits per heavy atom. The second-order valence-corrected chi connectivity index (χ2v) is 7.63. The average molecular weight is 374 g/mol. The van der Waals surface area contributed by atoms with E-state index in [1.54, 1.807) is 0 Å². The number of likely N-dealkylation sites (N-methyl/N-ethyl adjacent to an activating group) is 1. The Morgan fingerprint density at radius 2 is 1.79 bits per heavy atom. The van der Waals surface area contributed by atoms with E-state index < -0.39 is 0 Å². The Kier molecular flexibility index (Phi) is 5.47. The van der Waals surface area contributed by atoms with Gasteiger partial charge in [-0.2, -0.15) is 0 Å². The van der Waals surface area contributed by atoms with E-state index in [1.165, 1.54) is 16.5 Å². The largest absolute Gasteiger partial charge is 0.371 e. The van der Waals surface area contributed by atoms with Crippen LogP contribution in [0.4, 0.5) is 11.4 Å². The van der Waals surface area contributed by atoms with Gasteiger partial charge in [0.05, 0.1) is 6.54 Å². The van der Waals surface area contributed by atoms with E-state index in [0.29, 0.717) is 12.5 Å². The number of nitrogens with zero attached hydrogens (tertiary/aromatic N) is 2. The van der Waals surface area contributed by atoms with Gasteiger partial charge >= 0.3 is 0 Å². The number of rotatable bonds is 6. The van der Waals surface area contributed by atoms with Gasteiger partial charge in [0, 0.05) is 38.1 Å². The van der Waals surface area contributed by atoms with Gasteiger partial charge in [-0.15, -0.1) is 0 Å². The zero-order valence-corrected chi connectivity index (χ0v) is 16.3. The van der Waals surface area contributed by atoms with E-state index >= 15 is 0 Å². The maximum absolute atomic E-state index is 12.4. The van der Waals surface area contributed by atoms with Gasteiger partial charge in [0.15, 0.2) is 0 Å². The van der Waals surface area contributed by atoms with E-state index in [9.17, 15) is 4.79 Å². The molecular formula is C24H27N3O. The van der Waals surface area contributed by atoms with Crippen LogP contribution in [0.3, 0.4) is 0 Å². The van der Waals surface area contributed by atoms with E-state index in [4.69, 9.17) is 0 Å². The number of para-hydroxylation sites is 1. The lowest BCUT2D eigenvalue weighted by Gasteiger charge is -2.21. The minimum absolute atomic E-state index is 0.0776. The van der Waals surface area contributed by atoms with Gasteiger partial charge in [-0.1, -0.05) is 48.5 Å². The fourth-order valence-corrected chi connectivity index (χ4v) is 3.91. The predicted octanol–water partition coefficient (Wildman–Crippen LogP) is 3.92. The van der Waals surface area contributed by atoms with Crippen molar-refractivity contribution < 1.29 is 4.79 Å². The molecule has 1 aliphatic heterocycles. The van der Waals surface area contributed by atoms with Gasteiger partial charge < -0.3 is 15.1 Å². The number of nitrogens with one attached hydrogen (secondary N) is 1. The van der Waals surface area contributed by atoms with Crippen molar-refractivity contribution in [1.29, 1.82) is 0 Å². The quantitative estimate of drug-likeness (QED) is 0.711. The highest BCUT2D eigenvalue weighted by atomic mass is 16.2. The SMILES string of the molecule is CN(CC(=O)NCC1CCN(c2ccccc2)C1)c1ccc2ccccc2c1. The smallest absolute Gasteiger partial charge is 0.239 e. The molecule has 1 heterocycles. The Balaban J connectivity index is 1.27. The molecule has 3 aromatic carbocycles. The van der Waals surface area contributed by atoms with Crippen molar-refractivity contribution in [2.24, 2.45) is 5.92 Å². The zero-order valence-electron chi connectivity index (χ0n) is 16.3. The summed E-state index contributed by atoms with van der Waals surface area (Å²) in [5.41, 5.74) is 2.33. The summed E-state index contributed by atoms with van der Waals surface area (Å²) in [5.74, 6) is 0.587. The first-order valence-electron chi connectivity index (χ1n) is 9.96. The molecule has 1 fully saturated rings. The molecule has 4 nitrogen and oxygen atoms in total. The molecule has 3 aromatic rings. The number of carbonyl (C=O) groups excluding carboxylic acids is 1. The Bertz CT molecular complexity index is 941. The normalized spacial score (nSPS) is 16.3. The predicted molar refractivity (Wildman–Crippen MR) is 117 cm³/mol. The molecule has 0 radical (unpaired) electrons. The summed E-state index contributed by atoms with van der Waals surface area (Å²) in [7, 11) is 1.97. The van der Waals surface area contributed by atoms with Gasteiger partial charge in [0.25, 0.3) is 0 Å². The number of hydrogen-bond donors (Lipinski definition) is 1. The van der Waals surface area contributed by atoms with Crippen molar-refractivity contribution in [2.75, 3.05) is 43.0 Å². The van der Waals surface area contributed by atoms with Crippen LogP contribution in [0.25, 0.3) is 10.8 Å². The third kappa shape index (κ3) is 4.28. The van der Waals surface area contributed by atoms with Crippen molar-refractivity contribution in [2.45, 2.75) is 6.42 Å². The molecule has 28 heavy (non-hydrogen) atoms. The van der Waals surface area contributed by atoms with E-state index in [2.05, 4.69) is 64.8 Å². The maximum atomic E-state index is 12.4. The van der Waals surface area contributed by atoms with Crippen molar-refractivity contribution in [3.63, 3.8) is 0 Å². The molecule has 1 N–H and O–H groups in total. The Morgan fingerprint density at radius 1 is 1.04 bits per heavy atom. The highest BCUT2D eigenvalue weighted by Gasteiger charge is 2.23. The third-order valence-electron chi connectivity index (χ3n) is 5.55. The summed E-state index contributed by atoms with van der Waals surface area (Å²) in [6.45, 7) is 3.17. The van der Waals surface area contributed by atoms with Crippen LogP contribution in [0, 0.1) is 5.92 Å². The first-order chi connectivity index (χ1) is 13.7. The first kappa shape index (κ1) is 18.4. The molecule has 4 heteroatoms. The van der Waals surface area contributed by atoms with Gasteiger partial charge in [-0.05, 0) is 47.4 Å². The number of anilines is 2. The lowest BCUT2D eigenvalue weighted by Crippen LogP contribution is -2.38. The summed E-state index contributed by atoms with van der Waals surface area (Å²) in [6.07, 6.45) is 1.12. The van der Waals surface area contributed by atoms with Crippen LogP contribution in [0.2, 0.25) is 0 Å². The second kappa shape index (κ2) is 8.34. The highest BCUT2D eigenvalue weighted by molar-refractivity contribution is 5.87. The molecule has 1 aliphatic rings. The minimum atomic E-state index is 0.0776. The minimum Gasteiger partial charge on any atom is -0.371 e. The van der Waals surface area contributed by atoms with E-state index in [0.717, 1.165) is 31.7 Å². The van der Waals surface area contributed by atoms with Crippen LogP contribution in [-0.4, -0.2) is 39.1 Å². The lowest BCUT2D eigenvalue weighted by molar-refractivity contribution is -0.119. The molecule has 1 unspecified atom stereocenters. The first-order valence-corrected chi connectivity index (χ1v) is 9.96. The molecule has 1 atom stereocenters. The molecule has 0 spiro atoms. The maximum Gasteiger partial charge on any atom is 0.239 e. The highest BCUT2D eigenvalue weighted by Crippen LogP contribution is 2.23. The van der Waals surface area contributed by atoms with Crippen LogP contribution in [0.15, 0.2) is 72.8 Å². The summed E-state index contributed by atoms with van der Waals surface area (Å²) in [5, 5.41) is 5.54. The fraction of sp³-hybridized carbons (Fsp3) is 0.292. The monoisotopic (exact) mass is 373 g/mol. The van der Waals surface area contributed by atoms with Gasteiger partial charge in [0.2, 0.25) is 5.91 Å². The van der Waals surface area contributed by atoms with E-state index in [-0.39, 0.29) is 5.91 Å². The van der Waals surface area contributed by atoms with Crippen molar-refractivity contribution in [3.05, 3.63) is 72.8 Å². The summed E-state index contributed by atoms with van der Waals surface area (Å²) in [6, 6.07) is 25.1. The molecule has 1 amide bonds. The number of benzene rings is 3. The van der Waals surface area contributed by atoms with E-state index in [1.807, 2.05) is 30.1 Å².